The average Bonchev–Trinajstić information content (AvgIpc) is 2.60. The van der Waals surface area contributed by atoms with Crippen molar-refractivity contribution in [1.82, 2.24) is 9.97 Å². The van der Waals surface area contributed by atoms with Crippen molar-refractivity contribution in [1.29, 1.82) is 0 Å². The number of benzene rings is 2. The summed E-state index contributed by atoms with van der Waals surface area (Å²) in [5.41, 5.74) is 4.92. The molecule has 5 nitrogen and oxygen atoms in total. The van der Waals surface area contributed by atoms with Gasteiger partial charge in [0.25, 0.3) is 0 Å². The van der Waals surface area contributed by atoms with E-state index in [1.807, 2.05) is 0 Å². The smallest absolute Gasteiger partial charge is 0.393 e. The number of aromatic nitrogens is 2. The van der Waals surface area contributed by atoms with Crippen LogP contribution in [0.15, 0.2) is 53.3 Å². The first-order chi connectivity index (χ1) is 12.8. The average molecular weight is 442 g/mol. The lowest BCUT2D eigenvalue weighted by Gasteiger charge is -2.16. The zero-order chi connectivity index (χ0) is 19.6. The van der Waals surface area contributed by atoms with Crippen LogP contribution in [0.4, 0.5) is 46.3 Å². The second-order valence-electron chi connectivity index (χ2n) is 5.40. The Kier molecular flexibility index (Phi) is 5.17. The van der Waals surface area contributed by atoms with E-state index in [1.165, 1.54) is 30.3 Å². The molecule has 0 fully saturated rings. The van der Waals surface area contributed by atoms with E-state index < -0.39 is 17.6 Å². The van der Waals surface area contributed by atoms with E-state index in [1.54, 1.807) is 6.07 Å². The second kappa shape index (κ2) is 7.39. The molecule has 0 radical (unpaired) electrons. The van der Waals surface area contributed by atoms with Gasteiger partial charge in [-0.05, 0) is 30.3 Å². The van der Waals surface area contributed by atoms with Gasteiger partial charge in [0.05, 0.1) is 16.9 Å². The molecule has 10 heteroatoms. The molecule has 0 spiro atoms. The first kappa shape index (κ1) is 18.9. The maximum absolute atomic E-state index is 14.0. The van der Waals surface area contributed by atoms with Crippen LogP contribution < -0.4 is 16.4 Å². The number of hydrogen-bond donors (Lipinski definition) is 3. The van der Waals surface area contributed by atoms with Crippen LogP contribution in [0.1, 0.15) is 5.56 Å². The Morgan fingerprint density at radius 1 is 0.926 bits per heavy atom. The zero-order valence-corrected chi connectivity index (χ0v) is 15.1. The SMILES string of the molecule is Nc1c(Nc2ccc(Br)cc2F)ncnc1Nc1ccccc1C(F)(F)F. The standard InChI is InChI=1S/C17H12BrF4N5/c18-9-5-6-13(11(19)7-9)27-16-14(23)15(24-8-25-16)26-12-4-2-1-3-10(12)17(20,21)22/h1-8H,23H2,(H2,24,25,26,27). The number of para-hydroxylation sites is 1. The van der Waals surface area contributed by atoms with Crippen molar-refractivity contribution in [3.8, 4) is 0 Å². The minimum atomic E-state index is -4.55. The molecule has 0 aliphatic heterocycles. The fourth-order valence-electron chi connectivity index (χ4n) is 2.28. The molecular weight excluding hydrogens is 430 g/mol. The highest BCUT2D eigenvalue weighted by Crippen LogP contribution is 2.37. The Morgan fingerprint density at radius 2 is 1.56 bits per heavy atom. The number of nitrogens with one attached hydrogen (secondary N) is 2. The molecule has 2 aromatic carbocycles. The minimum Gasteiger partial charge on any atom is -0.393 e. The first-order valence-electron chi connectivity index (χ1n) is 7.51. The molecule has 1 aromatic heterocycles. The van der Waals surface area contributed by atoms with Gasteiger partial charge in [0.1, 0.15) is 17.8 Å². The van der Waals surface area contributed by atoms with Gasteiger partial charge < -0.3 is 16.4 Å². The van der Waals surface area contributed by atoms with Gasteiger partial charge >= 0.3 is 6.18 Å². The highest BCUT2D eigenvalue weighted by Gasteiger charge is 2.33. The van der Waals surface area contributed by atoms with Crippen molar-refractivity contribution in [2.45, 2.75) is 6.18 Å². The van der Waals surface area contributed by atoms with Gasteiger partial charge in [0, 0.05) is 4.47 Å². The van der Waals surface area contributed by atoms with E-state index in [9.17, 15) is 17.6 Å². The van der Waals surface area contributed by atoms with Gasteiger partial charge in [-0.2, -0.15) is 13.2 Å². The van der Waals surface area contributed by atoms with Crippen molar-refractivity contribution in [3.05, 3.63) is 64.6 Å². The Balaban J connectivity index is 1.92. The molecule has 0 bridgehead atoms. The van der Waals surface area contributed by atoms with Crippen molar-refractivity contribution < 1.29 is 17.6 Å². The molecule has 4 N–H and O–H groups in total. The number of halogens is 5. The normalized spacial score (nSPS) is 11.3. The highest BCUT2D eigenvalue weighted by molar-refractivity contribution is 9.10. The number of nitrogens with zero attached hydrogens (tertiary/aromatic N) is 2. The van der Waals surface area contributed by atoms with Crippen LogP contribution in [-0.4, -0.2) is 9.97 Å². The van der Waals surface area contributed by atoms with E-state index in [-0.39, 0.29) is 28.7 Å². The van der Waals surface area contributed by atoms with Gasteiger partial charge in [0.15, 0.2) is 11.6 Å². The quantitative estimate of drug-likeness (QED) is 0.468. The molecule has 0 saturated heterocycles. The summed E-state index contributed by atoms with van der Waals surface area (Å²) in [7, 11) is 0. The maximum atomic E-state index is 14.0. The summed E-state index contributed by atoms with van der Waals surface area (Å²) in [6.07, 6.45) is -3.44. The second-order valence-corrected chi connectivity index (χ2v) is 6.32. The van der Waals surface area contributed by atoms with Gasteiger partial charge in [-0.25, -0.2) is 14.4 Å². The zero-order valence-electron chi connectivity index (χ0n) is 13.5. The number of nitrogens with two attached hydrogens (primary N) is 1. The van der Waals surface area contributed by atoms with E-state index in [0.717, 1.165) is 12.4 Å². The Bertz CT molecular complexity index is 978. The van der Waals surface area contributed by atoms with Crippen molar-refractivity contribution in [2.24, 2.45) is 0 Å². The molecule has 3 aromatic rings. The van der Waals surface area contributed by atoms with Crippen molar-refractivity contribution in [3.63, 3.8) is 0 Å². The number of alkyl halides is 3. The summed E-state index contributed by atoms with van der Waals surface area (Å²) < 4.78 is 53.9. The minimum absolute atomic E-state index is 0.0401. The Labute approximate surface area is 159 Å². The van der Waals surface area contributed by atoms with E-state index in [0.29, 0.717) is 4.47 Å². The molecule has 0 aliphatic carbocycles. The van der Waals surface area contributed by atoms with Gasteiger partial charge in [-0.3, -0.25) is 0 Å². The molecule has 3 rings (SSSR count). The fourth-order valence-corrected chi connectivity index (χ4v) is 2.61. The molecule has 0 amide bonds. The predicted molar refractivity (Wildman–Crippen MR) is 98.6 cm³/mol. The van der Waals surface area contributed by atoms with E-state index in [4.69, 9.17) is 5.73 Å². The number of anilines is 5. The van der Waals surface area contributed by atoms with Crippen LogP contribution in [0.25, 0.3) is 0 Å². The third-order valence-electron chi connectivity index (χ3n) is 3.55. The van der Waals surface area contributed by atoms with Crippen LogP contribution in [0.2, 0.25) is 0 Å². The number of rotatable bonds is 4. The molecule has 0 atom stereocenters. The topological polar surface area (TPSA) is 75.9 Å². The van der Waals surface area contributed by atoms with Crippen LogP contribution in [0.5, 0.6) is 0 Å². The summed E-state index contributed by atoms with van der Waals surface area (Å²) >= 11 is 3.15. The highest BCUT2D eigenvalue weighted by atomic mass is 79.9. The number of hydrogen-bond acceptors (Lipinski definition) is 5. The molecule has 27 heavy (non-hydrogen) atoms. The maximum Gasteiger partial charge on any atom is 0.418 e. The van der Waals surface area contributed by atoms with Crippen LogP contribution in [-0.2, 0) is 6.18 Å². The first-order valence-corrected chi connectivity index (χ1v) is 8.31. The summed E-state index contributed by atoms with van der Waals surface area (Å²) in [6, 6.07) is 9.25. The van der Waals surface area contributed by atoms with Crippen molar-refractivity contribution in [2.75, 3.05) is 16.4 Å². The monoisotopic (exact) mass is 441 g/mol. The number of nitrogen functional groups attached to an aromatic ring is 1. The summed E-state index contributed by atoms with van der Waals surface area (Å²) in [5.74, 6) is -0.542. The third-order valence-corrected chi connectivity index (χ3v) is 4.05. The third kappa shape index (κ3) is 4.27. The lowest BCUT2D eigenvalue weighted by Crippen LogP contribution is -2.11. The summed E-state index contributed by atoms with van der Waals surface area (Å²) in [5, 5.41) is 5.26. The van der Waals surface area contributed by atoms with E-state index >= 15 is 0 Å². The molecule has 140 valence electrons. The van der Waals surface area contributed by atoms with Gasteiger partial charge in [-0.15, -0.1) is 0 Å². The summed E-state index contributed by atoms with van der Waals surface area (Å²) in [4.78, 5) is 7.80. The van der Waals surface area contributed by atoms with E-state index in [2.05, 4.69) is 36.5 Å². The Morgan fingerprint density at radius 3 is 2.19 bits per heavy atom. The molecular formula is C17H12BrF4N5. The Hall–Kier alpha value is -2.88. The molecule has 1 heterocycles. The van der Waals surface area contributed by atoms with Crippen molar-refractivity contribution >= 4 is 44.6 Å². The lowest BCUT2D eigenvalue weighted by atomic mass is 10.1. The predicted octanol–water partition coefficient (Wildman–Crippen LogP) is 5.47. The summed E-state index contributed by atoms with van der Waals surface area (Å²) in [6.45, 7) is 0. The van der Waals surface area contributed by atoms with Crippen LogP contribution >= 0.6 is 15.9 Å². The van der Waals surface area contributed by atoms with Crippen LogP contribution in [0.3, 0.4) is 0 Å². The molecule has 0 aliphatic rings. The van der Waals surface area contributed by atoms with Gasteiger partial charge in [0.2, 0.25) is 0 Å². The lowest BCUT2D eigenvalue weighted by molar-refractivity contribution is -0.136. The van der Waals surface area contributed by atoms with Crippen LogP contribution in [0, 0.1) is 5.82 Å². The van der Waals surface area contributed by atoms with Gasteiger partial charge in [-0.1, -0.05) is 28.1 Å². The largest absolute Gasteiger partial charge is 0.418 e. The molecule has 0 unspecified atom stereocenters. The molecule has 0 saturated carbocycles. The fraction of sp³-hybridized carbons (Fsp3) is 0.0588.